The van der Waals surface area contributed by atoms with E-state index < -0.39 is 60.6 Å². The van der Waals surface area contributed by atoms with Crippen molar-refractivity contribution in [2.24, 2.45) is 22.6 Å². The van der Waals surface area contributed by atoms with Crippen molar-refractivity contribution in [2.45, 2.75) is 44.9 Å². The van der Waals surface area contributed by atoms with Gasteiger partial charge in [-0.25, -0.2) is 9.38 Å². The van der Waals surface area contributed by atoms with Gasteiger partial charge in [0.15, 0.2) is 0 Å². The van der Waals surface area contributed by atoms with Crippen LogP contribution in [0.15, 0.2) is 53.5 Å². The number of carbonyl (C=O) groups excluding carboxylic acids is 3. The standard InChI is InChI=1S/C25H26F4N4O3/c1-2-7-16(15(21(30)34)12-13-25(27,28)29)23(35)33-22-24(36)32-20-17(10-6-11-18(20)26)19(31-22)14-8-4-3-5-9-14/h3-6,8-11,15-16,22H,2,7,12-13H2,1H3,(H2,30,34)(H,32,36)(H,33,35)/t15?,16?,22-/m1/s1. The molecule has 4 N–H and O–H groups in total. The molecule has 3 rings (SSSR count). The van der Waals surface area contributed by atoms with Crippen molar-refractivity contribution in [3.05, 3.63) is 65.5 Å². The summed E-state index contributed by atoms with van der Waals surface area (Å²) in [5.74, 6) is -6.04. The molecule has 0 spiro atoms. The molecule has 0 aromatic heterocycles. The molecule has 1 aliphatic rings. The smallest absolute Gasteiger partial charge is 0.369 e. The number of alkyl halides is 3. The highest BCUT2D eigenvalue weighted by Gasteiger charge is 2.38. The van der Waals surface area contributed by atoms with Gasteiger partial charge in [-0.1, -0.05) is 55.8 Å². The topological polar surface area (TPSA) is 114 Å². The Hall–Kier alpha value is -3.76. The van der Waals surface area contributed by atoms with E-state index in [1.165, 1.54) is 6.07 Å². The van der Waals surface area contributed by atoms with E-state index in [1.807, 2.05) is 0 Å². The van der Waals surface area contributed by atoms with Crippen molar-refractivity contribution in [3.8, 4) is 0 Å². The van der Waals surface area contributed by atoms with E-state index in [0.29, 0.717) is 12.0 Å². The summed E-state index contributed by atoms with van der Waals surface area (Å²) in [6.07, 6.45) is -7.58. The number of rotatable bonds is 9. The fraction of sp³-hybridized carbons (Fsp3) is 0.360. The molecular weight excluding hydrogens is 480 g/mol. The average molecular weight is 507 g/mol. The summed E-state index contributed by atoms with van der Waals surface area (Å²) in [7, 11) is 0. The van der Waals surface area contributed by atoms with Crippen molar-refractivity contribution < 1.29 is 31.9 Å². The molecule has 7 nitrogen and oxygen atoms in total. The molecule has 0 bridgehead atoms. The first-order chi connectivity index (χ1) is 17.0. The van der Waals surface area contributed by atoms with Gasteiger partial charge in [-0.15, -0.1) is 0 Å². The van der Waals surface area contributed by atoms with E-state index in [9.17, 15) is 31.9 Å². The van der Waals surface area contributed by atoms with Gasteiger partial charge in [0.2, 0.25) is 18.0 Å². The molecule has 1 heterocycles. The number of hydrogen-bond acceptors (Lipinski definition) is 4. The summed E-state index contributed by atoms with van der Waals surface area (Å²) in [5.41, 5.74) is 6.30. The maximum Gasteiger partial charge on any atom is 0.389 e. The van der Waals surface area contributed by atoms with Crippen molar-refractivity contribution in [1.82, 2.24) is 5.32 Å². The van der Waals surface area contributed by atoms with E-state index >= 15 is 0 Å². The monoisotopic (exact) mass is 506 g/mol. The van der Waals surface area contributed by atoms with Crippen LogP contribution in [0.1, 0.15) is 43.7 Å². The third-order valence-corrected chi connectivity index (χ3v) is 5.88. The Morgan fingerprint density at radius 2 is 1.78 bits per heavy atom. The predicted octanol–water partition coefficient (Wildman–Crippen LogP) is 3.92. The lowest BCUT2D eigenvalue weighted by Crippen LogP contribution is -2.48. The van der Waals surface area contributed by atoms with Gasteiger partial charge in [0, 0.05) is 29.4 Å². The number of benzodiazepines with no additional fused rings is 1. The second kappa shape index (κ2) is 11.3. The van der Waals surface area contributed by atoms with E-state index in [1.54, 1.807) is 43.3 Å². The molecule has 3 amide bonds. The first-order valence-corrected chi connectivity index (χ1v) is 11.4. The summed E-state index contributed by atoms with van der Waals surface area (Å²) in [5, 5.41) is 4.86. The molecule has 2 unspecified atom stereocenters. The lowest BCUT2D eigenvalue weighted by Gasteiger charge is -2.25. The Morgan fingerprint density at radius 1 is 1.08 bits per heavy atom. The quantitative estimate of drug-likeness (QED) is 0.448. The molecule has 192 valence electrons. The molecule has 2 aromatic carbocycles. The van der Waals surface area contributed by atoms with Crippen LogP contribution in [0.4, 0.5) is 23.2 Å². The second-order valence-electron chi connectivity index (χ2n) is 8.46. The number of benzene rings is 2. The largest absolute Gasteiger partial charge is 0.389 e. The maximum absolute atomic E-state index is 14.6. The number of nitrogens with one attached hydrogen (secondary N) is 2. The van der Waals surface area contributed by atoms with Crippen LogP contribution in [0.2, 0.25) is 0 Å². The number of aliphatic imine (C=N–C) groups is 1. The molecule has 11 heteroatoms. The van der Waals surface area contributed by atoms with Gasteiger partial charge < -0.3 is 16.4 Å². The van der Waals surface area contributed by atoms with Gasteiger partial charge in [0.05, 0.1) is 11.4 Å². The van der Waals surface area contributed by atoms with Crippen molar-refractivity contribution in [2.75, 3.05) is 5.32 Å². The van der Waals surface area contributed by atoms with Crippen molar-refractivity contribution in [3.63, 3.8) is 0 Å². The van der Waals surface area contributed by atoms with Crippen LogP contribution in [0.25, 0.3) is 0 Å². The zero-order valence-electron chi connectivity index (χ0n) is 19.4. The molecule has 2 aromatic rings. The Kier molecular flexibility index (Phi) is 8.44. The molecule has 0 saturated heterocycles. The fourth-order valence-corrected chi connectivity index (χ4v) is 4.15. The summed E-state index contributed by atoms with van der Waals surface area (Å²) < 4.78 is 53.0. The number of nitrogens with two attached hydrogens (primary N) is 1. The van der Waals surface area contributed by atoms with E-state index in [0.717, 1.165) is 6.07 Å². The Morgan fingerprint density at radius 3 is 2.39 bits per heavy atom. The Labute approximate surface area is 205 Å². The number of anilines is 1. The first kappa shape index (κ1) is 26.8. The summed E-state index contributed by atoms with van der Waals surface area (Å²) in [6.45, 7) is 1.70. The first-order valence-electron chi connectivity index (χ1n) is 11.4. The zero-order valence-corrected chi connectivity index (χ0v) is 19.4. The minimum absolute atomic E-state index is 0.0652. The molecule has 0 saturated carbocycles. The van der Waals surface area contributed by atoms with Gasteiger partial charge in [-0.05, 0) is 18.9 Å². The van der Waals surface area contributed by atoms with E-state index in [4.69, 9.17) is 5.73 Å². The molecule has 36 heavy (non-hydrogen) atoms. The minimum atomic E-state index is -4.53. The number of hydrogen-bond donors (Lipinski definition) is 3. The second-order valence-corrected chi connectivity index (χ2v) is 8.46. The van der Waals surface area contributed by atoms with Gasteiger partial charge in [0.25, 0.3) is 5.91 Å². The summed E-state index contributed by atoms with van der Waals surface area (Å²) in [4.78, 5) is 42.5. The Bertz CT molecular complexity index is 1150. The number of carbonyl (C=O) groups is 3. The van der Waals surface area contributed by atoms with Crippen LogP contribution in [-0.2, 0) is 14.4 Å². The van der Waals surface area contributed by atoms with Gasteiger partial charge in [-0.2, -0.15) is 13.2 Å². The predicted molar refractivity (Wildman–Crippen MR) is 125 cm³/mol. The SMILES string of the molecule is CCCC(C(=O)N[C@H]1N=C(c2ccccc2)c2cccc(F)c2NC1=O)C(CCC(F)(F)F)C(N)=O. The van der Waals surface area contributed by atoms with Crippen LogP contribution < -0.4 is 16.4 Å². The lowest BCUT2D eigenvalue weighted by atomic mass is 9.83. The highest BCUT2D eigenvalue weighted by molar-refractivity contribution is 6.20. The van der Waals surface area contributed by atoms with Crippen molar-refractivity contribution >= 4 is 29.1 Å². The average Bonchev–Trinajstić information content (AvgIpc) is 2.95. The number of fused-ring (bicyclic) bond motifs is 1. The molecule has 0 aliphatic carbocycles. The van der Waals surface area contributed by atoms with Crippen LogP contribution >= 0.6 is 0 Å². The van der Waals surface area contributed by atoms with Gasteiger partial charge in [0.1, 0.15) is 5.82 Å². The number of amides is 3. The number of primary amides is 1. The van der Waals surface area contributed by atoms with Crippen LogP contribution in [-0.4, -0.2) is 35.8 Å². The highest BCUT2D eigenvalue weighted by atomic mass is 19.4. The zero-order chi connectivity index (χ0) is 26.5. The molecule has 3 atom stereocenters. The van der Waals surface area contributed by atoms with Gasteiger partial charge in [-0.3, -0.25) is 14.4 Å². The molecular formula is C25H26F4N4O3. The fourth-order valence-electron chi connectivity index (χ4n) is 4.15. The lowest BCUT2D eigenvalue weighted by molar-refractivity contribution is -0.145. The van der Waals surface area contributed by atoms with Gasteiger partial charge >= 0.3 is 6.18 Å². The van der Waals surface area contributed by atoms with Crippen LogP contribution in [0, 0.1) is 17.7 Å². The molecule has 0 fully saturated rings. The minimum Gasteiger partial charge on any atom is -0.369 e. The molecule has 0 radical (unpaired) electrons. The highest BCUT2D eigenvalue weighted by Crippen LogP contribution is 2.30. The normalized spacial score (nSPS) is 17.2. The maximum atomic E-state index is 14.6. The van der Waals surface area contributed by atoms with Crippen LogP contribution in [0.3, 0.4) is 0 Å². The third kappa shape index (κ3) is 6.46. The van der Waals surface area contributed by atoms with Crippen LogP contribution in [0.5, 0.6) is 0 Å². The number of para-hydroxylation sites is 1. The third-order valence-electron chi connectivity index (χ3n) is 5.88. The summed E-state index contributed by atoms with van der Waals surface area (Å²) >= 11 is 0. The number of halogens is 4. The van der Waals surface area contributed by atoms with E-state index in [2.05, 4.69) is 15.6 Å². The molecule has 1 aliphatic heterocycles. The summed E-state index contributed by atoms with van der Waals surface area (Å²) in [6, 6.07) is 12.8. The van der Waals surface area contributed by atoms with E-state index in [-0.39, 0.29) is 23.4 Å². The Balaban J connectivity index is 1.96. The number of nitrogens with zero attached hydrogens (tertiary/aromatic N) is 1. The van der Waals surface area contributed by atoms with Crippen molar-refractivity contribution in [1.29, 1.82) is 0 Å².